The van der Waals surface area contributed by atoms with E-state index in [1.54, 1.807) is 11.8 Å². The molecular weight excluding hydrogens is 342 g/mol. The fourth-order valence-corrected chi connectivity index (χ4v) is 2.67. The van der Waals surface area contributed by atoms with Gasteiger partial charge in [-0.2, -0.15) is 0 Å². The molecule has 1 atom stereocenters. The fraction of sp³-hybridized carbons (Fsp3) is 0.429. The van der Waals surface area contributed by atoms with E-state index in [4.69, 9.17) is 5.11 Å². The quantitative estimate of drug-likeness (QED) is 0.698. The van der Waals surface area contributed by atoms with E-state index in [2.05, 4.69) is 21.2 Å². The summed E-state index contributed by atoms with van der Waals surface area (Å²) in [5, 5.41) is 11.4. The minimum absolute atomic E-state index is 0.0347. The van der Waals surface area contributed by atoms with Gasteiger partial charge in [-0.3, -0.25) is 9.59 Å². The minimum Gasteiger partial charge on any atom is -0.481 e. The molecule has 0 aromatic heterocycles. The number of aliphatic carboxylic acids is 1. The normalized spacial score (nSPS) is 11.9. The third kappa shape index (κ3) is 7.55. The molecule has 1 aromatic carbocycles. The lowest BCUT2D eigenvalue weighted by Crippen LogP contribution is -2.33. The standard InChI is InChI=1S/C14H18BrNO3S/c1-10(2-7-14(18)19)16-13(17)8-9-20-12-5-3-11(15)4-6-12/h3-6,10H,2,7-9H2,1H3,(H,16,17)(H,18,19). The third-order valence-electron chi connectivity index (χ3n) is 2.61. The molecule has 1 amide bonds. The molecule has 0 saturated heterocycles. The van der Waals surface area contributed by atoms with Crippen molar-refractivity contribution in [2.75, 3.05) is 5.75 Å². The lowest BCUT2D eigenvalue weighted by atomic mass is 10.2. The number of halogens is 1. The van der Waals surface area contributed by atoms with Crippen LogP contribution < -0.4 is 5.32 Å². The molecule has 0 heterocycles. The van der Waals surface area contributed by atoms with Gasteiger partial charge in [-0.25, -0.2) is 0 Å². The molecule has 2 N–H and O–H groups in total. The van der Waals surface area contributed by atoms with E-state index in [0.29, 0.717) is 18.6 Å². The molecule has 1 aromatic rings. The summed E-state index contributed by atoms with van der Waals surface area (Å²) in [5.74, 6) is -0.163. The monoisotopic (exact) mass is 359 g/mol. The molecule has 20 heavy (non-hydrogen) atoms. The Hall–Kier alpha value is -1.01. The molecule has 6 heteroatoms. The number of thioether (sulfide) groups is 1. The summed E-state index contributed by atoms with van der Waals surface area (Å²) in [6, 6.07) is 7.84. The number of hydrogen-bond donors (Lipinski definition) is 2. The Bertz CT molecular complexity index is 450. The van der Waals surface area contributed by atoms with Crippen LogP contribution in [0.4, 0.5) is 0 Å². The van der Waals surface area contributed by atoms with E-state index < -0.39 is 5.97 Å². The predicted molar refractivity (Wildman–Crippen MR) is 84.0 cm³/mol. The first-order valence-electron chi connectivity index (χ1n) is 6.37. The molecule has 0 aliphatic heterocycles. The summed E-state index contributed by atoms with van der Waals surface area (Å²) < 4.78 is 1.03. The van der Waals surface area contributed by atoms with E-state index in [9.17, 15) is 9.59 Å². The number of carboxylic acids is 1. The topological polar surface area (TPSA) is 66.4 Å². The van der Waals surface area contributed by atoms with Crippen LogP contribution in [-0.4, -0.2) is 28.8 Å². The van der Waals surface area contributed by atoms with Crippen molar-refractivity contribution >= 4 is 39.6 Å². The predicted octanol–water partition coefficient (Wildman–Crippen LogP) is 3.30. The van der Waals surface area contributed by atoms with Crippen LogP contribution in [0.1, 0.15) is 26.2 Å². The molecule has 0 radical (unpaired) electrons. The zero-order chi connectivity index (χ0) is 15.0. The number of rotatable bonds is 8. The molecule has 4 nitrogen and oxygen atoms in total. The Morgan fingerprint density at radius 2 is 1.95 bits per heavy atom. The van der Waals surface area contributed by atoms with Gasteiger partial charge in [0, 0.05) is 34.0 Å². The van der Waals surface area contributed by atoms with Crippen LogP contribution in [0.25, 0.3) is 0 Å². The number of hydrogen-bond acceptors (Lipinski definition) is 3. The zero-order valence-electron chi connectivity index (χ0n) is 11.3. The molecule has 0 aliphatic rings. The maximum atomic E-state index is 11.7. The number of nitrogens with one attached hydrogen (secondary N) is 1. The van der Waals surface area contributed by atoms with Gasteiger partial charge in [0.2, 0.25) is 5.91 Å². The van der Waals surface area contributed by atoms with E-state index in [1.165, 1.54) is 0 Å². The summed E-state index contributed by atoms with van der Waals surface area (Å²) in [4.78, 5) is 23.2. The lowest BCUT2D eigenvalue weighted by Gasteiger charge is -2.12. The van der Waals surface area contributed by atoms with E-state index in [-0.39, 0.29) is 18.4 Å². The second-order valence-corrected chi connectivity index (χ2v) is 6.54. The number of carboxylic acid groups (broad SMARTS) is 1. The molecule has 110 valence electrons. The van der Waals surface area contributed by atoms with Crippen LogP contribution in [0.3, 0.4) is 0 Å². The van der Waals surface area contributed by atoms with Crippen LogP contribution in [0.15, 0.2) is 33.6 Å². The molecule has 0 saturated carbocycles. The van der Waals surface area contributed by atoms with Gasteiger partial charge in [0.1, 0.15) is 0 Å². The largest absolute Gasteiger partial charge is 0.481 e. The van der Waals surface area contributed by atoms with E-state index >= 15 is 0 Å². The highest BCUT2D eigenvalue weighted by Gasteiger charge is 2.09. The summed E-state index contributed by atoms with van der Waals surface area (Å²) in [6.45, 7) is 1.82. The van der Waals surface area contributed by atoms with Crippen molar-refractivity contribution in [3.05, 3.63) is 28.7 Å². The molecule has 0 spiro atoms. The van der Waals surface area contributed by atoms with Crippen LogP contribution in [0.2, 0.25) is 0 Å². The van der Waals surface area contributed by atoms with Crippen molar-refractivity contribution < 1.29 is 14.7 Å². The summed E-state index contributed by atoms with van der Waals surface area (Å²) in [6.07, 6.45) is 0.966. The van der Waals surface area contributed by atoms with Gasteiger partial charge < -0.3 is 10.4 Å². The molecule has 0 aliphatic carbocycles. The second-order valence-electron chi connectivity index (χ2n) is 4.45. The Morgan fingerprint density at radius 1 is 1.30 bits per heavy atom. The first-order valence-corrected chi connectivity index (χ1v) is 8.14. The molecular formula is C14H18BrNO3S. The smallest absolute Gasteiger partial charge is 0.303 e. The number of carbonyl (C=O) groups excluding carboxylic acids is 1. The number of carbonyl (C=O) groups is 2. The summed E-state index contributed by atoms with van der Waals surface area (Å²) >= 11 is 5.00. The van der Waals surface area contributed by atoms with Crippen molar-refractivity contribution in [3.8, 4) is 0 Å². The molecule has 1 rings (SSSR count). The van der Waals surface area contributed by atoms with E-state index in [0.717, 1.165) is 9.37 Å². The lowest BCUT2D eigenvalue weighted by molar-refractivity contribution is -0.137. The maximum Gasteiger partial charge on any atom is 0.303 e. The maximum absolute atomic E-state index is 11.7. The summed E-state index contributed by atoms with van der Waals surface area (Å²) in [7, 11) is 0. The van der Waals surface area contributed by atoms with Crippen molar-refractivity contribution in [1.82, 2.24) is 5.32 Å². The third-order valence-corrected chi connectivity index (χ3v) is 4.15. The van der Waals surface area contributed by atoms with Gasteiger partial charge in [-0.1, -0.05) is 15.9 Å². The van der Waals surface area contributed by atoms with E-state index in [1.807, 2.05) is 31.2 Å². The highest BCUT2D eigenvalue weighted by molar-refractivity contribution is 9.10. The highest BCUT2D eigenvalue weighted by Crippen LogP contribution is 2.21. The van der Waals surface area contributed by atoms with Gasteiger partial charge >= 0.3 is 5.97 Å². The molecule has 1 unspecified atom stereocenters. The SMILES string of the molecule is CC(CCC(=O)O)NC(=O)CCSc1ccc(Br)cc1. The van der Waals surface area contributed by atoms with Crippen molar-refractivity contribution in [1.29, 1.82) is 0 Å². The van der Waals surface area contributed by atoms with Crippen LogP contribution in [0.5, 0.6) is 0 Å². The van der Waals surface area contributed by atoms with Crippen molar-refractivity contribution in [3.63, 3.8) is 0 Å². The first-order chi connectivity index (χ1) is 9.47. The average Bonchev–Trinajstić information content (AvgIpc) is 2.38. The molecule has 0 fully saturated rings. The average molecular weight is 360 g/mol. The number of amides is 1. The Kier molecular flexibility index (Phi) is 7.69. The zero-order valence-corrected chi connectivity index (χ0v) is 13.7. The van der Waals surface area contributed by atoms with Crippen LogP contribution >= 0.6 is 27.7 Å². The van der Waals surface area contributed by atoms with Gasteiger partial charge in [-0.15, -0.1) is 11.8 Å². The van der Waals surface area contributed by atoms with Gasteiger partial charge in [0.15, 0.2) is 0 Å². The summed E-state index contributed by atoms with van der Waals surface area (Å²) in [5.41, 5.74) is 0. The highest BCUT2D eigenvalue weighted by atomic mass is 79.9. The van der Waals surface area contributed by atoms with Crippen molar-refractivity contribution in [2.24, 2.45) is 0 Å². The first kappa shape index (κ1) is 17.0. The Balaban J connectivity index is 2.19. The Morgan fingerprint density at radius 3 is 2.55 bits per heavy atom. The minimum atomic E-state index is -0.836. The van der Waals surface area contributed by atoms with Crippen LogP contribution in [0, 0.1) is 0 Å². The molecule has 0 bridgehead atoms. The number of benzene rings is 1. The van der Waals surface area contributed by atoms with Gasteiger partial charge in [-0.05, 0) is 37.6 Å². The van der Waals surface area contributed by atoms with Gasteiger partial charge in [0.05, 0.1) is 0 Å². The fourth-order valence-electron chi connectivity index (χ4n) is 1.55. The Labute approximate surface area is 131 Å². The van der Waals surface area contributed by atoms with Crippen LogP contribution in [-0.2, 0) is 9.59 Å². The van der Waals surface area contributed by atoms with Gasteiger partial charge in [0.25, 0.3) is 0 Å². The second kappa shape index (κ2) is 9.02. The van der Waals surface area contributed by atoms with Crippen molar-refractivity contribution in [2.45, 2.75) is 37.1 Å².